The maximum Gasteiger partial charge on any atom is 0.319 e. The maximum atomic E-state index is 11.4. The molecule has 2 aromatic rings. The molecule has 3 amide bonds. The molecule has 0 atom stereocenters. The van der Waals surface area contributed by atoms with E-state index >= 15 is 0 Å². The van der Waals surface area contributed by atoms with Gasteiger partial charge in [0.05, 0.1) is 5.52 Å². The molecule has 0 aliphatic rings. The number of fused-ring (bicyclic) bond motifs is 1. The number of aromatic amines is 1. The second-order valence-electron chi connectivity index (χ2n) is 2.94. The lowest BCUT2D eigenvalue weighted by atomic mass is 10.2. The Labute approximate surface area is 84.5 Å². The summed E-state index contributed by atoms with van der Waals surface area (Å²) in [5.41, 5.74) is 5.72. The molecule has 6 nitrogen and oxygen atoms in total. The van der Waals surface area contributed by atoms with Crippen LogP contribution in [-0.4, -0.2) is 22.1 Å². The van der Waals surface area contributed by atoms with Crippen molar-refractivity contribution in [1.82, 2.24) is 15.5 Å². The Bertz CT molecular complexity index is 532. The third kappa shape index (κ3) is 1.64. The van der Waals surface area contributed by atoms with Gasteiger partial charge < -0.3 is 5.73 Å². The molecule has 0 aliphatic heterocycles. The van der Waals surface area contributed by atoms with Crippen molar-refractivity contribution in [3.63, 3.8) is 0 Å². The lowest BCUT2D eigenvalue weighted by molar-refractivity contribution is 0.0963. The number of urea groups is 1. The normalized spacial score (nSPS) is 10.1. The number of para-hydroxylation sites is 1. The zero-order chi connectivity index (χ0) is 10.8. The summed E-state index contributed by atoms with van der Waals surface area (Å²) < 4.78 is 0. The van der Waals surface area contributed by atoms with Crippen LogP contribution in [0.2, 0.25) is 0 Å². The van der Waals surface area contributed by atoms with Crippen molar-refractivity contribution in [2.75, 3.05) is 0 Å². The number of nitrogens with zero attached hydrogens (tertiary/aromatic N) is 1. The number of imide groups is 1. The van der Waals surface area contributed by atoms with Crippen LogP contribution in [0.3, 0.4) is 0 Å². The number of carbonyl (C=O) groups is 2. The zero-order valence-corrected chi connectivity index (χ0v) is 7.65. The molecule has 1 aromatic heterocycles. The third-order valence-corrected chi connectivity index (χ3v) is 1.92. The number of carbonyl (C=O) groups excluding carboxylic acids is 2. The number of H-pyrrole nitrogens is 1. The SMILES string of the molecule is NC(=O)NC(=O)c1n[nH]c2ccccc12. The van der Waals surface area contributed by atoms with Gasteiger partial charge in [0.2, 0.25) is 0 Å². The number of nitrogens with two attached hydrogens (primary N) is 1. The lowest BCUT2D eigenvalue weighted by Gasteiger charge is -1.96. The standard InChI is InChI=1S/C9H8N4O2/c10-9(15)11-8(14)7-5-3-1-2-4-6(5)12-13-7/h1-4H,(H,12,13)(H3,10,11,14,15). The van der Waals surface area contributed by atoms with Crippen molar-refractivity contribution < 1.29 is 9.59 Å². The molecular formula is C9H8N4O2. The lowest BCUT2D eigenvalue weighted by Crippen LogP contribution is -2.35. The van der Waals surface area contributed by atoms with E-state index in [0.717, 1.165) is 5.52 Å². The van der Waals surface area contributed by atoms with Crippen LogP contribution in [0.25, 0.3) is 10.9 Å². The number of primary amides is 1. The molecule has 2 rings (SSSR count). The van der Waals surface area contributed by atoms with Crippen LogP contribution >= 0.6 is 0 Å². The molecular weight excluding hydrogens is 196 g/mol. The summed E-state index contributed by atoms with van der Waals surface area (Å²) in [6, 6.07) is 6.21. The van der Waals surface area contributed by atoms with Crippen LogP contribution in [0.15, 0.2) is 24.3 Å². The van der Waals surface area contributed by atoms with E-state index in [9.17, 15) is 9.59 Å². The van der Waals surface area contributed by atoms with Crippen LogP contribution in [0.1, 0.15) is 10.5 Å². The van der Waals surface area contributed by atoms with Crippen LogP contribution < -0.4 is 11.1 Å². The highest BCUT2D eigenvalue weighted by atomic mass is 16.2. The second kappa shape index (κ2) is 3.41. The summed E-state index contributed by atoms with van der Waals surface area (Å²) >= 11 is 0. The summed E-state index contributed by atoms with van der Waals surface area (Å²) in [5.74, 6) is -0.611. The van der Waals surface area contributed by atoms with E-state index in [1.54, 1.807) is 18.2 Å². The maximum absolute atomic E-state index is 11.4. The van der Waals surface area contributed by atoms with Crippen LogP contribution in [0, 0.1) is 0 Å². The first kappa shape index (κ1) is 9.20. The van der Waals surface area contributed by atoms with Gasteiger partial charge in [0.15, 0.2) is 5.69 Å². The number of nitrogens with one attached hydrogen (secondary N) is 2. The molecule has 0 spiro atoms. The Morgan fingerprint density at radius 3 is 2.80 bits per heavy atom. The van der Waals surface area contributed by atoms with Gasteiger partial charge in [-0.25, -0.2) is 4.79 Å². The second-order valence-corrected chi connectivity index (χ2v) is 2.94. The van der Waals surface area contributed by atoms with Gasteiger partial charge in [-0.2, -0.15) is 5.10 Å². The van der Waals surface area contributed by atoms with Gasteiger partial charge in [0.1, 0.15) is 0 Å². The number of hydrogen-bond acceptors (Lipinski definition) is 3. The highest BCUT2D eigenvalue weighted by Gasteiger charge is 2.14. The number of aromatic nitrogens is 2. The molecule has 0 saturated carbocycles. The molecule has 1 aromatic carbocycles. The summed E-state index contributed by atoms with van der Waals surface area (Å²) in [6.07, 6.45) is 0. The largest absolute Gasteiger partial charge is 0.351 e. The molecule has 6 heteroatoms. The van der Waals surface area contributed by atoms with Gasteiger partial charge in [-0.1, -0.05) is 18.2 Å². The first-order valence-electron chi connectivity index (χ1n) is 4.22. The van der Waals surface area contributed by atoms with E-state index in [2.05, 4.69) is 10.2 Å². The van der Waals surface area contributed by atoms with Gasteiger partial charge in [-0.05, 0) is 6.07 Å². The van der Waals surface area contributed by atoms with Crippen molar-refractivity contribution in [1.29, 1.82) is 0 Å². The molecule has 0 fully saturated rings. The smallest absolute Gasteiger partial charge is 0.319 e. The van der Waals surface area contributed by atoms with E-state index in [1.807, 2.05) is 11.4 Å². The van der Waals surface area contributed by atoms with E-state index < -0.39 is 11.9 Å². The third-order valence-electron chi connectivity index (χ3n) is 1.92. The molecule has 76 valence electrons. The fraction of sp³-hybridized carbons (Fsp3) is 0. The first-order chi connectivity index (χ1) is 7.18. The van der Waals surface area contributed by atoms with Gasteiger partial charge in [0.25, 0.3) is 5.91 Å². The van der Waals surface area contributed by atoms with Gasteiger partial charge in [0, 0.05) is 5.39 Å². The Morgan fingerprint density at radius 1 is 1.33 bits per heavy atom. The molecule has 0 aliphatic carbocycles. The number of amides is 3. The number of hydrogen-bond donors (Lipinski definition) is 3. The average Bonchev–Trinajstić information content (AvgIpc) is 2.59. The topological polar surface area (TPSA) is 101 Å². The summed E-state index contributed by atoms with van der Waals surface area (Å²) in [7, 11) is 0. The Morgan fingerprint density at radius 2 is 2.07 bits per heavy atom. The van der Waals surface area contributed by atoms with Crippen molar-refractivity contribution in [2.45, 2.75) is 0 Å². The highest BCUT2D eigenvalue weighted by Crippen LogP contribution is 2.14. The molecule has 0 unspecified atom stereocenters. The Kier molecular flexibility index (Phi) is 2.09. The molecule has 4 N–H and O–H groups in total. The van der Waals surface area contributed by atoms with E-state index in [0.29, 0.717) is 5.39 Å². The van der Waals surface area contributed by atoms with Crippen molar-refractivity contribution in [2.24, 2.45) is 5.73 Å². The van der Waals surface area contributed by atoms with Crippen molar-refractivity contribution in [3.8, 4) is 0 Å². The fourth-order valence-electron chi connectivity index (χ4n) is 1.31. The Hall–Kier alpha value is -2.37. The zero-order valence-electron chi connectivity index (χ0n) is 7.65. The minimum Gasteiger partial charge on any atom is -0.351 e. The van der Waals surface area contributed by atoms with Crippen LogP contribution in [0.4, 0.5) is 4.79 Å². The number of benzene rings is 1. The molecule has 0 bridgehead atoms. The minimum atomic E-state index is -0.896. The summed E-state index contributed by atoms with van der Waals surface area (Å²) in [4.78, 5) is 21.9. The van der Waals surface area contributed by atoms with E-state index in [4.69, 9.17) is 5.73 Å². The summed E-state index contributed by atoms with van der Waals surface area (Å²) in [6.45, 7) is 0. The van der Waals surface area contributed by atoms with Gasteiger partial charge >= 0.3 is 6.03 Å². The predicted molar refractivity (Wildman–Crippen MR) is 53.1 cm³/mol. The molecule has 0 radical (unpaired) electrons. The van der Waals surface area contributed by atoms with Crippen LogP contribution in [-0.2, 0) is 0 Å². The van der Waals surface area contributed by atoms with Gasteiger partial charge in [-0.3, -0.25) is 15.2 Å². The number of rotatable bonds is 1. The summed E-state index contributed by atoms with van der Waals surface area (Å²) in [5, 5.41) is 9.09. The monoisotopic (exact) mass is 204 g/mol. The molecule has 15 heavy (non-hydrogen) atoms. The van der Waals surface area contributed by atoms with E-state index in [1.165, 1.54) is 0 Å². The van der Waals surface area contributed by atoms with Gasteiger partial charge in [-0.15, -0.1) is 0 Å². The van der Waals surface area contributed by atoms with E-state index in [-0.39, 0.29) is 5.69 Å². The average molecular weight is 204 g/mol. The molecule has 1 heterocycles. The minimum absolute atomic E-state index is 0.157. The van der Waals surface area contributed by atoms with Crippen LogP contribution in [0.5, 0.6) is 0 Å². The highest BCUT2D eigenvalue weighted by molar-refractivity contribution is 6.09. The van der Waals surface area contributed by atoms with Crippen molar-refractivity contribution in [3.05, 3.63) is 30.0 Å². The Balaban J connectivity index is 2.44. The predicted octanol–water partition coefficient (Wildman–Crippen LogP) is 0.371. The first-order valence-corrected chi connectivity index (χ1v) is 4.22. The fourth-order valence-corrected chi connectivity index (χ4v) is 1.31. The molecule has 0 saturated heterocycles. The quantitative estimate of drug-likeness (QED) is 0.625. The van der Waals surface area contributed by atoms with Crippen molar-refractivity contribution >= 4 is 22.8 Å².